The first-order chi connectivity index (χ1) is 11.8. The Kier molecular flexibility index (Phi) is 6.38. The first-order valence-corrected chi connectivity index (χ1v) is 9.47. The number of carbonyl (C=O) groups excluding carboxylic acids is 1. The van der Waals surface area contributed by atoms with E-state index in [9.17, 15) is 9.18 Å². The Bertz CT molecular complexity index is 574. The molecule has 0 saturated carbocycles. The maximum atomic E-state index is 14.9. The molecule has 5 atom stereocenters. The lowest BCUT2D eigenvalue weighted by Crippen LogP contribution is -2.64. The fourth-order valence-electron chi connectivity index (χ4n) is 4.25. The van der Waals surface area contributed by atoms with Crippen molar-refractivity contribution in [2.75, 3.05) is 13.6 Å². The number of nitrogens with one attached hydrogen (secondary N) is 2. The van der Waals surface area contributed by atoms with Crippen LogP contribution in [0.1, 0.15) is 53.4 Å². The van der Waals surface area contributed by atoms with Crippen LogP contribution in [0.4, 0.5) is 4.39 Å². The largest absolute Gasteiger partial charge is 0.358 e. The van der Waals surface area contributed by atoms with E-state index in [0.29, 0.717) is 6.42 Å². The van der Waals surface area contributed by atoms with E-state index < -0.39 is 12.1 Å². The highest BCUT2D eigenvalue weighted by atomic mass is 19.1. The van der Waals surface area contributed by atoms with Crippen LogP contribution in [0.15, 0.2) is 11.9 Å². The lowest BCUT2D eigenvalue weighted by molar-refractivity contribution is -0.578. The van der Waals surface area contributed by atoms with Gasteiger partial charge in [-0.15, -0.1) is 0 Å². The molecule has 0 fully saturated rings. The quantitative estimate of drug-likeness (QED) is 0.676. The molecule has 0 spiro atoms. The van der Waals surface area contributed by atoms with E-state index >= 15 is 0 Å². The molecule has 1 amide bonds. The fourth-order valence-corrected chi connectivity index (χ4v) is 4.25. The molecule has 0 aromatic rings. The SMILES string of the molecule is CCCC1C(F)=CCC2NC(N)C(C(=O)NC)C(C)=[N+]1CC2(C)CC. The molecular formula is C19H34FN4O+. The van der Waals surface area contributed by atoms with Crippen molar-refractivity contribution in [3.8, 4) is 0 Å². The molecular weight excluding hydrogens is 319 g/mol. The first kappa shape index (κ1) is 20.0. The maximum Gasteiger partial charge on any atom is 0.236 e. The standard InChI is InChI=1S/C19H33FN4O/c1-6-8-14-13(20)9-10-15-19(4,7-2)11-24(14)12(3)16(17(21)23-15)18(25)22-5/h9,14-17,23H,6-8,10-11,21H2,1-5H3/p+1. The van der Waals surface area contributed by atoms with Gasteiger partial charge >= 0.3 is 0 Å². The van der Waals surface area contributed by atoms with Crippen LogP contribution in [0.2, 0.25) is 0 Å². The highest BCUT2D eigenvalue weighted by molar-refractivity contribution is 6.01. The molecule has 4 N–H and O–H groups in total. The summed E-state index contributed by atoms with van der Waals surface area (Å²) < 4.78 is 17.0. The predicted octanol–water partition coefficient (Wildman–Crippen LogP) is 1.92. The van der Waals surface area contributed by atoms with Crippen molar-refractivity contribution in [1.29, 1.82) is 0 Å². The van der Waals surface area contributed by atoms with Gasteiger partial charge in [0.2, 0.25) is 11.9 Å². The number of nitrogens with two attached hydrogens (primary N) is 1. The fraction of sp³-hybridized carbons (Fsp3) is 0.789. The molecule has 6 heteroatoms. The number of halogens is 1. The summed E-state index contributed by atoms with van der Waals surface area (Å²) >= 11 is 0. The average Bonchev–Trinajstić information content (AvgIpc) is 2.59. The number of hydrogen-bond acceptors (Lipinski definition) is 3. The van der Waals surface area contributed by atoms with Crippen LogP contribution in [0, 0.1) is 11.3 Å². The number of amides is 1. The number of carbonyl (C=O) groups is 1. The van der Waals surface area contributed by atoms with Gasteiger partial charge in [0.05, 0.1) is 6.17 Å². The van der Waals surface area contributed by atoms with E-state index in [1.54, 1.807) is 13.1 Å². The van der Waals surface area contributed by atoms with Gasteiger partial charge in [0.25, 0.3) is 0 Å². The predicted molar refractivity (Wildman–Crippen MR) is 99.2 cm³/mol. The van der Waals surface area contributed by atoms with Gasteiger partial charge in [-0.3, -0.25) is 10.1 Å². The summed E-state index contributed by atoms with van der Waals surface area (Å²) in [6.45, 7) is 9.12. The number of rotatable bonds is 4. The molecule has 2 aliphatic rings. The minimum absolute atomic E-state index is 0.0311. The zero-order valence-electron chi connectivity index (χ0n) is 16.2. The molecule has 0 saturated heterocycles. The van der Waals surface area contributed by atoms with Gasteiger partial charge < -0.3 is 11.1 Å². The third-order valence-corrected chi connectivity index (χ3v) is 6.17. The molecule has 0 aromatic carbocycles. The van der Waals surface area contributed by atoms with Crippen molar-refractivity contribution >= 4 is 11.6 Å². The zero-order chi connectivity index (χ0) is 18.8. The Morgan fingerprint density at radius 2 is 2.20 bits per heavy atom. The second-order valence-electron chi connectivity index (χ2n) is 7.74. The monoisotopic (exact) mass is 353 g/mol. The lowest BCUT2D eigenvalue weighted by Gasteiger charge is -2.42. The Hall–Kier alpha value is -1.27. The number of hydrogen-bond donors (Lipinski definition) is 3. The Morgan fingerprint density at radius 1 is 1.52 bits per heavy atom. The summed E-state index contributed by atoms with van der Waals surface area (Å²) in [6.07, 6.45) is 4.40. The second-order valence-corrected chi connectivity index (χ2v) is 7.74. The molecule has 0 aromatic heterocycles. The van der Waals surface area contributed by atoms with Crippen molar-refractivity contribution in [3.63, 3.8) is 0 Å². The van der Waals surface area contributed by atoms with Crippen molar-refractivity contribution < 1.29 is 13.8 Å². The average molecular weight is 354 g/mol. The molecule has 2 heterocycles. The third kappa shape index (κ3) is 3.80. The molecule has 142 valence electrons. The van der Waals surface area contributed by atoms with Crippen LogP contribution >= 0.6 is 0 Å². The van der Waals surface area contributed by atoms with Gasteiger partial charge in [-0.1, -0.05) is 20.8 Å². The normalized spacial score (nSPS) is 36.2. The highest BCUT2D eigenvalue weighted by Crippen LogP contribution is 2.35. The Morgan fingerprint density at radius 3 is 2.76 bits per heavy atom. The summed E-state index contributed by atoms with van der Waals surface area (Å²) in [5.74, 6) is -0.710. The Labute approximate surface area is 150 Å². The first-order valence-electron chi connectivity index (χ1n) is 9.47. The summed E-state index contributed by atoms with van der Waals surface area (Å²) in [5.41, 5.74) is 7.22. The molecule has 0 aliphatic carbocycles. The third-order valence-electron chi connectivity index (χ3n) is 6.17. The number of nitrogens with zero attached hydrogens (tertiary/aromatic N) is 1. The van der Waals surface area contributed by atoms with Gasteiger partial charge in [-0.25, -0.2) is 8.97 Å². The van der Waals surface area contributed by atoms with Crippen molar-refractivity contribution in [2.24, 2.45) is 17.1 Å². The summed E-state index contributed by atoms with van der Waals surface area (Å²) in [6, 6.07) is -0.280. The minimum Gasteiger partial charge on any atom is -0.358 e. The summed E-state index contributed by atoms with van der Waals surface area (Å²) in [7, 11) is 1.62. The molecule has 0 radical (unpaired) electrons. The molecule has 5 nitrogen and oxygen atoms in total. The van der Waals surface area contributed by atoms with Gasteiger partial charge in [0.15, 0.2) is 11.5 Å². The maximum absolute atomic E-state index is 14.9. The van der Waals surface area contributed by atoms with E-state index in [1.165, 1.54) is 0 Å². The molecule has 5 unspecified atom stereocenters. The van der Waals surface area contributed by atoms with E-state index in [4.69, 9.17) is 5.73 Å². The van der Waals surface area contributed by atoms with Crippen LogP contribution in [-0.2, 0) is 4.79 Å². The van der Waals surface area contributed by atoms with E-state index in [2.05, 4.69) is 36.0 Å². The summed E-state index contributed by atoms with van der Waals surface area (Å²) in [5, 5.41) is 6.15. The minimum atomic E-state index is -0.501. The zero-order valence-corrected chi connectivity index (χ0v) is 16.2. The van der Waals surface area contributed by atoms with Crippen LogP contribution in [-0.4, -0.2) is 48.0 Å². The molecule has 2 bridgehead atoms. The van der Waals surface area contributed by atoms with E-state index in [-0.39, 0.29) is 29.2 Å². The van der Waals surface area contributed by atoms with E-state index in [0.717, 1.165) is 31.5 Å². The second kappa shape index (κ2) is 7.96. The van der Waals surface area contributed by atoms with Gasteiger partial charge in [0, 0.05) is 31.8 Å². The van der Waals surface area contributed by atoms with Crippen LogP contribution in [0.3, 0.4) is 0 Å². The van der Waals surface area contributed by atoms with Crippen molar-refractivity contribution in [2.45, 2.75) is 71.6 Å². The van der Waals surface area contributed by atoms with Crippen molar-refractivity contribution in [1.82, 2.24) is 10.6 Å². The lowest BCUT2D eigenvalue weighted by atomic mass is 9.75. The van der Waals surface area contributed by atoms with Crippen LogP contribution in [0.5, 0.6) is 0 Å². The van der Waals surface area contributed by atoms with Gasteiger partial charge in [0.1, 0.15) is 12.5 Å². The smallest absolute Gasteiger partial charge is 0.236 e. The molecule has 25 heavy (non-hydrogen) atoms. The number of fused-ring (bicyclic) bond motifs is 3. The van der Waals surface area contributed by atoms with Crippen molar-refractivity contribution in [3.05, 3.63) is 11.9 Å². The Balaban J connectivity index is 2.68. The highest BCUT2D eigenvalue weighted by Gasteiger charge is 2.48. The van der Waals surface area contributed by atoms with Crippen LogP contribution < -0.4 is 16.4 Å². The van der Waals surface area contributed by atoms with Crippen LogP contribution in [0.25, 0.3) is 0 Å². The topological polar surface area (TPSA) is 70.2 Å². The van der Waals surface area contributed by atoms with Gasteiger partial charge in [-0.2, -0.15) is 0 Å². The molecule has 2 rings (SSSR count). The van der Waals surface area contributed by atoms with Gasteiger partial charge in [-0.05, 0) is 25.3 Å². The van der Waals surface area contributed by atoms with E-state index in [1.807, 2.05) is 6.92 Å². The molecule has 2 aliphatic heterocycles. The summed E-state index contributed by atoms with van der Waals surface area (Å²) in [4.78, 5) is 12.5.